The highest BCUT2D eigenvalue weighted by Gasteiger charge is 2.17. The fourth-order valence-electron chi connectivity index (χ4n) is 3.81. The van der Waals surface area contributed by atoms with Crippen LogP contribution >= 0.6 is 0 Å². The van der Waals surface area contributed by atoms with E-state index < -0.39 is 0 Å². The Morgan fingerprint density at radius 3 is 2.74 bits per heavy atom. The summed E-state index contributed by atoms with van der Waals surface area (Å²) in [7, 11) is 0. The summed E-state index contributed by atoms with van der Waals surface area (Å²) in [5, 5.41) is 5.08. The van der Waals surface area contributed by atoms with Crippen molar-refractivity contribution in [2.24, 2.45) is 0 Å². The molecular weight excluding hydrogens is 394 g/mol. The lowest BCUT2D eigenvalue weighted by Gasteiger charge is -2.18. The van der Waals surface area contributed by atoms with Crippen LogP contribution in [0, 0.1) is 6.92 Å². The van der Waals surface area contributed by atoms with Crippen LogP contribution < -0.4 is 15.0 Å². The molecule has 1 aliphatic heterocycles. The fraction of sp³-hybridized carbons (Fsp3) is 0.130. The number of aromatic nitrogens is 5. The smallest absolute Gasteiger partial charge is 0.266 e. The van der Waals surface area contributed by atoms with Crippen LogP contribution in [0.3, 0.4) is 0 Å². The first-order valence-corrected chi connectivity index (χ1v) is 9.92. The third-order valence-corrected chi connectivity index (χ3v) is 5.31. The molecule has 0 fully saturated rings. The lowest BCUT2D eigenvalue weighted by atomic mass is 10.2. The molecule has 31 heavy (non-hydrogen) atoms. The highest BCUT2D eigenvalue weighted by atomic mass is 16.6. The number of fused-ring (bicyclic) bond motifs is 4. The maximum atomic E-state index is 13.2. The summed E-state index contributed by atoms with van der Waals surface area (Å²) < 4.78 is 14.5. The molecule has 5 aromatic rings. The van der Waals surface area contributed by atoms with Gasteiger partial charge >= 0.3 is 0 Å². The van der Waals surface area contributed by atoms with E-state index in [1.54, 1.807) is 21.5 Å². The van der Waals surface area contributed by atoms with Gasteiger partial charge in [0, 0.05) is 23.6 Å². The predicted molar refractivity (Wildman–Crippen MR) is 115 cm³/mol. The van der Waals surface area contributed by atoms with Gasteiger partial charge in [-0.15, -0.1) is 5.10 Å². The maximum Gasteiger partial charge on any atom is 0.266 e. The van der Waals surface area contributed by atoms with Crippen LogP contribution in [0.2, 0.25) is 0 Å². The number of aryl methyl sites for hydroxylation is 1. The number of pyridine rings is 1. The molecule has 3 aromatic heterocycles. The van der Waals surface area contributed by atoms with Gasteiger partial charge in [-0.05, 0) is 48.9 Å². The molecule has 0 aliphatic carbocycles. The number of hydrogen-bond donors (Lipinski definition) is 0. The molecule has 6 rings (SSSR count). The van der Waals surface area contributed by atoms with Crippen LogP contribution in [0.25, 0.3) is 33.8 Å². The highest BCUT2D eigenvalue weighted by Crippen LogP contribution is 2.33. The summed E-state index contributed by atoms with van der Waals surface area (Å²) in [6.07, 6.45) is 3.31. The first-order valence-electron chi connectivity index (χ1n) is 9.92. The Balaban J connectivity index is 1.50. The highest BCUT2D eigenvalue weighted by molar-refractivity contribution is 5.79. The van der Waals surface area contributed by atoms with E-state index in [0.717, 1.165) is 16.8 Å². The van der Waals surface area contributed by atoms with Crippen LogP contribution in [0.4, 0.5) is 0 Å². The quantitative estimate of drug-likeness (QED) is 0.444. The summed E-state index contributed by atoms with van der Waals surface area (Å²) >= 11 is 0. The first-order chi connectivity index (χ1) is 15.2. The van der Waals surface area contributed by atoms with Crippen LogP contribution in [0.5, 0.6) is 11.5 Å². The molecule has 8 nitrogen and oxygen atoms in total. The standard InChI is InChI=1S/C23H17N5O3/c1-14-3-2-4-16(11-14)27-8-7-18-17(22(27)29)13-24-23-25-21(26-28(18)23)15-5-6-19-20(12-15)31-10-9-30-19/h2-8,11-13H,9-10H2,1H3. The molecule has 2 aromatic carbocycles. The zero-order chi connectivity index (χ0) is 20.9. The summed E-state index contributed by atoms with van der Waals surface area (Å²) in [6.45, 7) is 3.04. The van der Waals surface area contributed by atoms with Gasteiger partial charge in [-0.3, -0.25) is 9.36 Å². The van der Waals surface area contributed by atoms with E-state index in [9.17, 15) is 4.79 Å². The van der Waals surface area contributed by atoms with Gasteiger partial charge in [0.1, 0.15) is 13.2 Å². The van der Waals surface area contributed by atoms with E-state index in [1.807, 2.05) is 55.5 Å². The third-order valence-electron chi connectivity index (χ3n) is 5.31. The summed E-state index contributed by atoms with van der Waals surface area (Å²) in [5.41, 5.74) is 3.17. The molecule has 0 saturated carbocycles. The minimum atomic E-state index is -0.158. The number of nitrogens with zero attached hydrogens (tertiary/aromatic N) is 5. The van der Waals surface area contributed by atoms with Crippen LogP contribution in [-0.2, 0) is 0 Å². The minimum absolute atomic E-state index is 0.158. The number of rotatable bonds is 2. The van der Waals surface area contributed by atoms with Crippen molar-refractivity contribution in [3.63, 3.8) is 0 Å². The van der Waals surface area contributed by atoms with Gasteiger partial charge < -0.3 is 9.47 Å². The monoisotopic (exact) mass is 411 g/mol. The molecule has 8 heteroatoms. The van der Waals surface area contributed by atoms with E-state index >= 15 is 0 Å². The van der Waals surface area contributed by atoms with Crippen molar-refractivity contribution in [2.75, 3.05) is 13.2 Å². The molecule has 0 bridgehead atoms. The SMILES string of the molecule is Cc1cccc(-n2ccc3c(cnc4nc(-c5ccc6c(c5)OCCO6)nn43)c2=O)c1. The predicted octanol–water partition coefficient (Wildman–Crippen LogP) is 3.18. The van der Waals surface area contributed by atoms with E-state index in [4.69, 9.17) is 9.47 Å². The molecule has 0 radical (unpaired) electrons. The Hall–Kier alpha value is -4.20. The molecular formula is C23H17N5O3. The Bertz CT molecular complexity index is 1540. The molecule has 0 amide bonds. The van der Waals surface area contributed by atoms with Gasteiger partial charge in [-0.25, -0.2) is 4.98 Å². The Morgan fingerprint density at radius 1 is 1.00 bits per heavy atom. The third kappa shape index (κ3) is 2.83. The molecule has 0 N–H and O–H groups in total. The summed E-state index contributed by atoms with van der Waals surface area (Å²) in [6, 6.07) is 15.2. The van der Waals surface area contributed by atoms with Crippen molar-refractivity contribution < 1.29 is 9.47 Å². The Kier molecular flexibility index (Phi) is 3.79. The fourth-order valence-corrected chi connectivity index (χ4v) is 3.81. The van der Waals surface area contributed by atoms with Crippen LogP contribution in [-0.4, -0.2) is 37.4 Å². The van der Waals surface area contributed by atoms with Gasteiger partial charge in [0.15, 0.2) is 17.3 Å². The number of ether oxygens (including phenoxy) is 2. The largest absolute Gasteiger partial charge is 0.486 e. The lowest BCUT2D eigenvalue weighted by Crippen LogP contribution is -2.18. The number of hydrogen-bond acceptors (Lipinski definition) is 6. The second-order valence-corrected chi connectivity index (χ2v) is 7.39. The van der Waals surface area contributed by atoms with E-state index in [2.05, 4.69) is 15.1 Å². The van der Waals surface area contributed by atoms with Crippen molar-refractivity contribution >= 4 is 16.7 Å². The van der Waals surface area contributed by atoms with Crippen LogP contribution in [0.15, 0.2) is 65.7 Å². The minimum Gasteiger partial charge on any atom is -0.486 e. The van der Waals surface area contributed by atoms with Crippen LogP contribution in [0.1, 0.15) is 5.56 Å². The average Bonchev–Trinajstić information content (AvgIpc) is 3.24. The first kappa shape index (κ1) is 17.6. The molecule has 152 valence electrons. The van der Waals surface area contributed by atoms with E-state index in [0.29, 0.717) is 47.2 Å². The second kappa shape index (κ2) is 6.66. The van der Waals surface area contributed by atoms with Gasteiger partial charge in [-0.2, -0.15) is 9.50 Å². The van der Waals surface area contributed by atoms with Gasteiger partial charge in [0.2, 0.25) is 0 Å². The normalized spacial score (nSPS) is 13.1. The Labute approximate surface area is 176 Å². The summed E-state index contributed by atoms with van der Waals surface area (Å²) in [4.78, 5) is 22.1. The zero-order valence-electron chi connectivity index (χ0n) is 16.6. The summed E-state index contributed by atoms with van der Waals surface area (Å²) in [5.74, 6) is 2.30. The van der Waals surface area contributed by atoms with Crippen molar-refractivity contribution in [1.29, 1.82) is 0 Å². The van der Waals surface area contributed by atoms with Gasteiger partial charge in [-0.1, -0.05) is 12.1 Å². The molecule has 0 spiro atoms. The van der Waals surface area contributed by atoms with Crippen molar-refractivity contribution in [3.05, 3.63) is 76.8 Å². The topological polar surface area (TPSA) is 83.5 Å². The lowest BCUT2D eigenvalue weighted by molar-refractivity contribution is 0.171. The van der Waals surface area contributed by atoms with Crippen molar-refractivity contribution in [3.8, 4) is 28.6 Å². The average molecular weight is 411 g/mol. The molecule has 1 aliphatic rings. The Morgan fingerprint density at radius 2 is 1.87 bits per heavy atom. The molecule has 0 atom stereocenters. The van der Waals surface area contributed by atoms with E-state index in [1.165, 1.54) is 0 Å². The number of benzene rings is 2. The van der Waals surface area contributed by atoms with Crippen molar-refractivity contribution in [1.82, 2.24) is 24.1 Å². The maximum absolute atomic E-state index is 13.2. The zero-order valence-corrected chi connectivity index (χ0v) is 16.6. The molecule has 0 unspecified atom stereocenters. The van der Waals surface area contributed by atoms with Gasteiger partial charge in [0.05, 0.1) is 10.9 Å². The van der Waals surface area contributed by atoms with Crippen molar-refractivity contribution in [2.45, 2.75) is 6.92 Å². The van der Waals surface area contributed by atoms with E-state index in [-0.39, 0.29) is 5.56 Å². The second-order valence-electron chi connectivity index (χ2n) is 7.39. The molecule has 4 heterocycles. The van der Waals surface area contributed by atoms with Gasteiger partial charge in [0.25, 0.3) is 11.3 Å². The molecule has 0 saturated heterocycles.